The lowest BCUT2D eigenvalue weighted by atomic mass is 10.2. The van der Waals surface area contributed by atoms with Gasteiger partial charge < -0.3 is 5.11 Å². The predicted octanol–water partition coefficient (Wildman–Crippen LogP) is 1.49. The summed E-state index contributed by atoms with van der Waals surface area (Å²) < 4.78 is 40.5. The molecule has 1 fully saturated rings. The Morgan fingerprint density at radius 3 is 2.63 bits per heavy atom. The second-order valence-corrected chi connectivity index (χ2v) is 7.34. The Labute approximate surface area is 116 Å². The number of benzene rings is 1. The van der Waals surface area contributed by atoms with Gasteiger partial charge >= 0.3 is 0 Å². The van der Waals surface area contributed by atoms with Crippen molar-refractivity contribution >= 4 is 21.8 Å². The van der Waals surface area contributed by atoms with Crippen LogP contribution >= 0.6 is 11.8 Å². The van der Waals surface area contributed by atoms with E-state index in [2.05, 4.69) is 4.72 Å². The van der Waals surface area contributed by atoms with E-state index in [4.69, 9.17) is 5.11 Å². The average molecular weight is 305 g/mol. The van der Waals surface area contributed by atoms with E-state index in [9.17, 15) is 12.8 Å². The number of rotatable bonds is 4. The molecule has 1 saturated heterocycles. The van der Waals surface area contributed by atoms with Crippen molar-refractivity contribution in [3.05, 3.63) is 29.6 Å². The average Bonchev–Trinajstić information content (AvgIpc) is 2.38. The van der Waals surface area contributed by atoms with Gasteiger partial charge in [0.15, 0.2) is 0 Å². The van der Waals surface area contributed by atoms with E-state index in [-0.39, 0.29) is 17.5 Å². The molecule has 4 nitrogen and oxygen atoms in total. The molecular weight excluding hydrogens is 289 g/mol. The smallest absolute Gasteiger partial charge is 0.243 e. The first-order chi connectivity index (χ1) is 9.03. The Morgan fingerprint density at radius 2 is 2.05 bits per heavy atom. The second-order valence-electron chi connectivity index (χ2n) is 4.43. The molecule has 1 aromatic carbocycles. The summed E-state index contributed by atoms with van der Waals surface area (Å²) in [6.45, 7) is -0.315. The van der Waals surface area contributed by atoms with E-state index in [1.54, 1.807) is 11.8 Å². The summed E-state index contributed by atoms with van der Waals surface area (Å²) in [6.07, 6.45) is 1.53. The quantitative estimate of drug-likeness (QED) is 0.884. The number of aliphatic hydroxyl groups excluding tert-OH is 1. The number of hydrogen-bond acceptors (Lipinski definition) is 4. The van der Waals surface area contributed by atoms with Crippen molar-refractivity contribution in [1.82, 2.24) is 4.72 Å². The predicted molar refractivity (Wildman–Crippen MR) is 73.0 cm³/mol. The maximum atomic E-state index is 13.8. The minimum Gasteiger partial charge on any atom is -0.392 e. The number of hydrogen-bond donors (Lipinski definition) is 2. The summed E-state index contributed by atoms with van der Waals surface area (Å²) in [7, 11) is -3.83. The van der Waals surface area contributed by atoms with Crippen LogP contribution in [0.15, 0.2) is 23.1 Å². The molecule has 2 N–H and O–H groups in total. The van der Waals surface area contributed by atoms with Gasteiger partial charge in [0.1, 0.15) is 10.7 Å². The summed E-state index contributed by atoms with van der Waals surface area (Å²) in [5.74, 6) is 1.00. The van der Waals surface area contributed by atoms with Gasteiger partial charge in [0.25, 0.3) is 0 Å². The van der Waals surface area contributed by atoms with E-state index in [0.29, 0.717) is 5.56 Å². The molecule has 0 amide bonds. The standard InChI is InChI=1S/C12H16FNO3S2/c13-11-7-9(8-15)1-2-12(11)19(16,17)14-10-3-5-18-6-4-10/h1-2,7,10,14-15H,3-6,8H2. The highest BCUT2D eigenvalue weighted by molar-refractivity contribution is 7.99. The van der Waals surface area contributed by atoms with Gasteiger partial charge in [-0.2, -0.15) is 11.8 Å². The lowest BCUT2D eigenvalue weighted by Gasteiger charge is -2.22. The fourth-order valence-electron chi connectivity index (χ4n) is 1.96. The Bertz CT molecular complexity index is 542. The molecule has 0 saturated carbocycles. The number of nitrogens with one attached hydrogen (secondary N) is 1. The normalized spacial score (nSPS) is 17.6. The molecule has 1 heterocycles. The molecule has 1 aliphatic heterocycles. The summed E-state index contributed by atoms with van der Waals surface area (Å²) in [5, 5.41) is 8.88. The Balaban J connectivity index is 2.18. The molecule has 1 aliphatic rings. The van der Waals surface area contributed by atoms with Crippen molar-refractivity contribution in [3.8, 4) is 0 Å². The molecule has 7 heteroatoms. The second kappa shape index (κ2) is 6.21. The Hall–Kier alpha value is -0.630. The summed E-state index contributed by atoms with van der Waals surface area (Å²) >= 11 is 1.79. The van der Waals surface area contributed by atoms with Gasteiger partial charge in [0.05, 0.1) is 6.61 Å². The van der Waals surface area contributed by atoms with Crippen molar-refractivity contribution in [3.63, 3.8) is 0 Å². The van der Waals surface area contributed by atoms with Crippen molar-refractivity contribution in [2.24, 2.45) is 0 Å². The zero-order valence-electron chi connectivity index (χ0n) is 10.3. The van der Waals surface area contributed by atoms with Crippen molar-refractivity contribution < 1.29 is 17.9 Å². The first-order valence-electron chi connectivity index (χ1n) is 6.02. The molecule has 19 heavy (non-hydrogen) atoms. The van der Waals surface area contributed by atoms with Gasteiger partial charge in [0, 0.05) is 6.04 Å². The third kappa shape index (κ3) is 3.68. The third-order valence-corrected chi connectivity index (χ3v) is 5.61. The lowest BCUT2D eigenvalue weighted by Crippen LogP contribution is -2.37. The molecule has 1 aromatic rings. The van der Waals surface area contributed by atoms with Gasteiger partial charge in [-0.15, -0.1) is 0 Å². The fraction of sp³-hybridized carbons (Fsp3) is 0.500. The van der Waals surface area contributed by atoms with Gasteiger partial charge in [-0.05, 0) is 42.0 Å². The summed E-state index contributed by atoms with van der Waals surface area (Å²) in [5.41, 5.74) is 0.352. The van der Waals surface area contributed by atoms with Crippen LogP contribution in [0.5, 0.6) is 0 Å². The number of halogens is 1. The highest BCUT2D eigenvalue weighted by Gasteiger charge is 2.24. The van der Waals surface area contributed by atoms with Gasteiger partial charge in [-0.3, -0.25) is 0 Å². The molecular formula is C12H16FNO3S2. The molecule has 106 valence electrons. The molecule has 0 aliphatic carbocycles. The SMILES string of the molecule is O=S(=O)(NC1CCSCC1)c1ccc(CO)cc1F. The molecule has 2 rings (SSSR count). The van der Waals surface area contributed by atoms with E-state index >= 15 is 0 Å². The first-order valence-corrected chi connectivity index (χ1v) is 8.66. The fourth-order valence-corrected chi connectivity index (χ4v) is 4.43. The van der Waals surface area contributed by atoms with Crippen molar-refractivity contribution in [2.45, 2.75) is 30.4 Å². The van der Waals surface area contributed by atoms with Crippen LogP contribution in [0, 0.1) is 5.82 Å². The maximum absolute atomic E-state index is 13.8. The van der Waals surface area contributed by atoms with Crippen LogP contribution in [0.1, 0.15) is 18.4 Å². The summed E-state index contributed by atoms with van der Waals surface area (Å²) in [6, 6.07) is 3.53. The highest BCUT2D eigenvalue weighted by atomic mass is 32.2. The van der Waals surface area contributed by atoms with Crippen LogP contribution in [0.3, 0.4) is 0 Å². The van der Waals surface area contributed by atoms with Crippen molar-refractivity contribution in [2.75, 3.05) is 11.5 Å². The van der Waals surface area contributed by atoms with Crippen LogP contribution in [0.25, 0.3) is 0 Å². The molecule has 0 bridgehead atoms. The zero-order chi connectivity index (χ0) is 13.9. The van der Waals surface area contributed by atoms with E-state index in [0.717, 1.165) is 30.4 Å². The lowest BCUT2D eigenvalue weighted by molar-refractivity contribution is 0.281. The molecule has 0 spiro atoms. The van der Waals surface area contributed by atoms with Crippen molar-refractivity contribution in [1.29, 1.82) is 0 Å². The molecule has 0 aromatic heterocycles. The molecule has 0 atom stereocenters. The number of aliphatic hydroxyl groups is 1. The minimum atomic E-state index is -3.83. The number of sulfonamides is 1. The van der Waals surface area contributed by atoms with E-state index < -0.39 is 15.8 Å². The maximum Gasteiger partial charge on any atom is 0.243 e. The van der Waals surface area contributed by atoms with E-state index in [1.807, 2.05) is 0 Å². The monoisotopic (exact) mass is 305 g/mol. The molecule has 0 radical (unpaired) electrons. The van der Waals surface area contributed by atoms with Crippen LogP contribution in [0.4, 0.5) is 4.39 Å². The Kier molecular flexibility index (Phi) is 4.83. The van der Waals surface area contributed by atoms with Crippen LogP contribution in [0.2, 0.25) is 0 Å². The Morgan fingerprint density at radius 1 is 1.37 bits per heavy atom. The minimum absolute atomic E-state index is 0.122. The van der Waals surface area contributed by atoms with Gasteiger partial charge in [0.2, 0.25) is 10.0 Å². The van der Waals surface area contributed by atoms with Crippen LogP contribution in [-0.4, -0.2) is 31.1 Å². The molecule has 0 unspecified atom stereocenters. The van der Waals surface area contributed by atoms with E-state index in [1.165, 1.54) is 12.1 Å². The first kappa shape index (κ1) is 14.8. The largest absolute Gasteiger partial charge is 0.392 e. The third-order valence-electron chi connectivity index (χ3n) is 3.01. The van der Waals surface area contributed by atoms with Gasteiger partial charge in [-0.1, -0.05) is 6.07 Å². The van der Waals surface area contributed by atoms with Gasteiger partial charge in [-0.25, -0.2) is 17.5 Å². The highest BCUT2D eigenvalue weighted by Crippen LogP contribution is 2.21. The van der Waals surface area contributed by atoms with Crippen LogP contribution < -0.4 is 4.72 Å². The number of thioether (sulfide) groups is 1. The zero-order valence-corrected chi connectivity index (χ0v) is 11.9. The topological polar surface area (TPSA) is 66.4 Å². The van der Waals surface area contributed by atoms with Crippen LogP contribution in [-0.2, 0) is 16.6 Å². The summed E-state index contributed by atoms with van der Waals surface area (Å²) in [4.78, 5) is -0.358.